The molecule has 0 aromatic heterocycles. The van der Waals surface area contributed by atoms with Crippen LogP contribution in [0.5, 0.6) is 0 Å². The third-order valence-electron chi connectivity index (χ3n) is 3.18. The Morgan fingerprint density at radius 2 is 2.39 bits per heavy atom. The molecule has 2 unspecified atom stereocenters. The van der Waals surface area contributed by atoms with Gasteiger partial charge in [-0.2, -0.15) is 0 Å². The van der Waals surface area contributed by atoms with Gasteiger partial charge in [-0.05, 0) is 31.0 Å². The molecule has 0 saturated carbocycles. The average Bonchev–Trinajstić information content (AvgIpc) is 2.72. The summed E-state index contributed by atoms with van der Waals surface area (Å²) >= 11 is 9.60. The maximum atomic E-state index is 11.1. The Bertz CT molecular complexity index is 453. The summed E-state index contributed by atoms with van der Waals surface area (Å²) in [5.74, 6) is 0.149. The Labute approximate surface area is 120 Å². The van der Waals surface area contributed by atoms with Crippen molar-refractivity contribution >= 4 is 33.4 Å². The zero-order valence-electron chi connectivity index (χ0n) is 10.2. The molecule has 1 aliphatic rings. The summed E-state index contributed by atoms with van der Waals surface area (Å²) in [4.78, 5) is 11.1. The first kappa shape index (κ1) is 13.8. The molecule has 1 saturated heterocycles. The molecule has 1 amide bonds. The van der Waals surface area contributed by atoms with Crippen LogP contribution in [0.15, 0.2) is 22.7 Å². The summed E-state index contributed by atoms with van der Waals surface area (Å²) in [6.07, 6.45) is 1.55. The van der Waals surface area contributed by atoms with E-state index in [0.29, 0.717) is 6.42 Å². The van der Waals surface area contributed by atoms with Gasteiger partial charge in [-0.15, -0.1) is 0 Å². The highest BCUT2D eigenvalue weighted by Gasteiger charge is 2.21. The van der Waals surface area contributed by atoms with Crippen LogP contribution in [0.2, 0.25) is 5.02 Å². The van der Waals surface area contributed by atoms with E-state index in [2.05, 4.69) is 33.5 Å². The van der Waals surface area contributed by atoms with Gasteiger partial charge in [-0.3, -0.25) is 4.79 Å². The number of benzene rings is 1. The predicted molar refractivity (Wildman–Crippen MR) is 76.7 cm³/mol. The van der Waals surface area contributed by atoms with Crippen LogP contribution in [-0.4, -0.2) is 18.5 Å². The molecular weight excluding hydrogens is 316 g/mol. The van der Waals surface area contributed by atoms with Crippen LogP contribution in [0.3, 0.4) is 0 Å². The van der Waals surface area contributed by atoms with Crippen molar-refractivity contribution in [1.29, 1.82) is 0 Å². The number of carbonyl (C=O) groups is 1. The number of halogens is 2. The minimum atomic E-state index is 0.149. The highest BCUT2D eigenvalue weighted by Crippen LogP contribution is 2.26. The average molecular weight is 332 g/mol. The molecule has 5 heteroatoms. The summed E-state index contributed by atoms with van der Waals surface area (Å²) < 4.78 is 0.978. The number of carbonyl (C=O) groups excluding carboxylic acids is 1. The molecule has 1 aromatic carbocycles. The molecule has 1 fully saturated rings. The van der Waals surface area contributed by atoms with Crippen LogP contribution < -0.4 is 10.6 Å². The standard InChI is InChI=1S/C13H16BrClN2O/c1-8(11-4-2-9(14)6-12(11)15)16-7-10-3-5-13(18)17-10/h2,4,6,8,10,16H,3,5,7H2,1H3,(H,17,18). The lowest BCUT2D eigenvalue weighted by Crippen LogP contribution is -2.36. The van der Waals surface area contributed by atoms with E-state index in [1.165, 1.54) is 0 Å². The second-order valence-electron chi connectivity index (χ2n) is 4.60. The SMILES string of the molecule is CC(NCC1CCC(=O)N1)c1ccc(Br)cc1Cl. The first-order valence-electron chi connectivity index (χ1n) is 6.04. The van der Waals surface area contributed by atoms with E-state index in [4.69, 9.17) is 11.6 Å². The molecule has 1 aromatic rings. The Balaban J connectivity index is 1.91. The molecule has 18 heavy (non-hydrogen) atoms. The van der Waals surface area contributed by atoms with E-state index in [-0.39, 0.29) is 18.0 Å². The summed E-state index contributed by atoms with van der Waals surface area (Å²) in [5, 5.41) is 7.10. The van der Waals surface area contributed by atoms with Gasteiger partial charge in [0.1, 0.15) is 0 Å². The second kappa shape index (κ2) is 6.04. The fourth-order valence-corrected chi connectivity index (χ4v) is 2.95. The van der Waals surface area contributed by atoms with Crippen molar-refractivity contribution in [3.05, 3.63) is 33.3 Å². The molecular formula is C13H16BrClN2O. The summed E-state index contributed by atoms with van der Waals surface area (Å²) in [7, 11) is 0. The van der Waals surface area contributed by atoms with Crippen LogP contribution in [0.4, 0.5) is 0 Å². The lowest BCUT2D eigenvalue weighted by Gasteiger charge is -2.18. The minimum Gasteiger partial charge on any atom is -0.352 e. The van der Waals surface area contributed by atoms with E-state index in [9.17, 15) is 4.79 Å². The van der Waals surface area contributed by atoms with E-state index in [1.807, 2.05) is 18.2 Å². The number of rotatable bonds is 4. The van der Waals surface area contributed by atoms with Gasteiger partial charge in [0.15, 0.2) is 0 Å². The summed E-state index contributed by atoms with van der Waals surface area (Å²) in [5.41, 5.74) is 1.07. The molecule has 0 spiro atoms. The maximum absolute atomic E-state index is 11.1. The molecule has 2 rings (SSSR count). The normalized spacial score (nSPS) is 20.8. The van der Waals surface area contributed by atoms with E-state index < -0.39 is 0 Å². The summed E-state index contributed by atoms with van der Waals surface area (Å²) in [6.45, 7) is 2.85. The van der Waals surface area contributed by atoms with Gasteiger partial charge < -0.3 is 10.6 Å². The van der Waals surface area contributed by atoms with Gasteiger partial charge in [-0.1, -0.05) is 33.6 Å². The fraction of sp³-hybridized carbons (Fsp3) is 0.462. The van der Waals surface area contributed by atoms with Crippen molar-refractivity contribution < 1.29 is 4.79 Å². The van der Waals surface area contributed by atoms with Crippen molar-refractivity contribution in [1.82, 2.24) is 10.6 Å². The van der Waals surface area contributed by atoms with Crippen LogP contribution in [-0.2, 0) is 4.79 Å². The Hall–Kier alpha value is -0.580. The maximum Gasteiger partial charge on any atom is 0.220 e. The van der Waals surface area contributed by atoms with Crippen molar-refractivity contribution in [3.63, 3.8) is 0 Å². The zero-order chi connectivity index (χ0) is 13.1. The highest BCUT2D eigenvalue weighted by atomic mass is 79.9. The van der Waals surface area contributed by atoms with E-state index in [1.54, 1.807) is 0 Å². The topological polar surface area (TPSA) is 41.1 Å². The lowest BCUT2D eigenvalue weighted by atomic mass is 10.1. The highest BCUT2D eigenvalue weighted by molar-refractivity contribution is 9.10. The van der Waals surface area contributed by atoms with Gasteiger partial charge >= 0.3 is 0 Å². The molecule has 0 radical (unpaired) electrons. The van der Waals surface area contributed by atoms with Crippen LogP contribution in [0.25, 0.3) is 0 Å². The molecule has 1 aliphatic heterocycles. The van der Waals surface area contributed by atoms with Gasteiger partial charge in [0.2, 0.25) is 5.91 Å². The third-order valence-corrected chi connectivity index (χ3v) is 4.00. The number of hydrogen-bond acceptors (Lipinski definition) is 2. The monoisotopic (exact) mass is 330 g/mol. The Morgan fingerprint density at radius 1 is 1.61 bits per heavy atom. The molecule has 2 atom stereocenters. The number of hydrogen-bond donors (Lipinski definition) is 2. The van der Waals surface area contributed by atoms with E-state index in [0.717, 1.165) is 28.0 Å². The van der Waals surface area contributed by atoms with Crippen molar-refractivity contribution in [3.8, 4) is 0 Å². The fourth-order valence-electron chi connectivity index (χ4n) is 2.11. The smallest absolute Gasteiger partial charge is 0.220 e. The molecule has 1 heterocycles. The Kier molecular flexibility index (Phi) is 4.65. The van der Waals surface area contributed by atoms with E-state index >= 15 is 0 Å². The quantitative estimate of drug-likeness (QED) is 0.890. The lowest BCUT2D eigenvalue weighted by molar-refractivity contribution is -0.119. The first-order valence-corrected chi connectivity index (χ1v) is 7.21. The van der Waals surface area contributed by atoms with Gasteiger partial charge in [0.05, 0.1) is 0 Å². The number of nitrogens with one attached hydrogen (secondary N) is 2. The largest absolute Gasteiger partial charge is 0.352 e. The molecule has 2 N–H and O–H groups in total. The third kappa shape index (κ3) is 3.46. The van der Waals surface area contributed by atoms with Gasteiger partial charge in [-0.25, -0.2) is 0 Å². The van der Waals surface area contributed by atoms with Crippen molar-refractivity contribution in [2.45, 2.75) is 31.8 Å². The molecule has 98 valence electrons. The van der Waals surface area contributed by atoms with Crippen LogP contribution in [0, 0.1) is 0 Å². The summed E-state index contributed by atoms with van der Waals surface area (Å²) in [6, 6.07) is 6.30. The van der Waals surface area contributed by atoms with Crippen molar-refractivity contribution in [2.24, 2.45) is 0 Å². The first-order chi connectivity index (χ1) is 8.56. The molecule has 0 bridgehead atoms. The second-order valence-corrected chi connectivity index (χ2v) is 5.92. The molecule has 0 aliphatic carbocycles. The van der Waals surface area contributed by atoms with Crippen LogP contribution in [0.1, 0.15) is 31.4 Å². The Morgan fingerprint density at radius 3 is 3.00 bits per heavy atom. The van der Waals surface area contributed by atoms with Gasteiger partial charge in [0, 0.05) is 34.5 Å². The minimum absolute atomic E-state index is 0.149. The predicted octanol–water partition coefficient (Wildman–Crippen LogP) is 3.03. The van der Waals surface area contributed by atoms with Crippen LogP contribution >= 0.6 is 27.5 Å². The molecule has 3 nitrogen and oxygen atoms in total. The zero-order valence-corrected chi connectivity index (χ0v) is 12.5. The number of amides is 1. The van der Waals surface area contributed by atoms with Crippen molar-refractivity contribution in [2.75, 3.05) is 6.54 Å². The van der Waals surface area contributed by atoms with Gasteiger partial charge in [0.25, 0.3) is 0 Å².